The van der Waals surface area contributed by atoms with Crippen LogP contribution in [0, 0.1) is 10.1 Å². The van der Waals surface area contributed by atoms with Gasteiger partial charge in [0.15, 0.2) is 5.78 Å². The quantitative estimate of drug-likeness (QED) is 0.364. The number of carbonyl (C=O) groups is 2. The molecule has 0 saturated carbocycles. The molecule has 7 nitrogen and oxygen atoms in total. The number of ketones is 1. The normalized spacial score (nSPS) is 10.2. The molecule has 1 amide bonds. The number of nitrogens with zero attached hydrogens (tertiary/aromatic N) is 1. The third-order valence-corrected chi connectivity index (χ3v) is 4.17. The number of benzene rings is 3. The standard InChI is InChI=1S/C22H18N2O5/c1-2-29-18-12-13-19(20(14-18)24(27)28)23-22(26)17-10-8-16(9-11-17)21(25)15-6-4-3-5-7-15/h3-14H,2H2,1H3,(H,23,26). The Balaban J connectivity index is 1.78. The largest absolute Gasteiger partial charge is 0.494 e. The molecule has 0 atom stereocenters. The van der Waals surface area contributed by atoms with Crippen molar-refractivity contribution in [2.45, 2.75) is 6.92 Å². The summed E-state index contributed by atoms with van der Waals surface area (Å²) in [4.78, 5) is 35.7. The van der Waals surface area contributed by atoms with E-state index in [0.717, 1.165) is 0 Å². The van der Waals surface area contributed by atoms with Gasteiger partial charge in [0.1, 0.15) is 11.4 Å². The highest BCUT2D eigenvalue weighted by atomic mass is 16.6. The molecule has 0 heterocycles. The zero-order valence-corrected chi connectivity index (χ0v) is 15.6. The van der Waals surface area contributed by atoms with Crippen LogP contribution in [0.1, 0.15) is 33.2 Å². The Kier molecular flexibility index (Phi) is 5.99. The highest BCUT2D eigenvalue weighted by Crippen LogP contribution is 2.29. The molecule has 0 aromatic heterocycles. The molecular weight excluding hydrogens is 372 g/mol. The lowest BCUT2D eigenvalue weighted by atomic mass is 10.0. The maximum absolute atomic E-state index is 12.5. The van der Waals surface area contributed by atoms with E-state index in [1.54, 1.807) is 49.4 Å². The van der Waals surface area contributed by atoms with Crippen molar-refractivity contribution in [2.75, 3.05) is 11.9 Å². The number of rotatable bonds is 7. The highest BCUT2D eigenvalue weighted by molar-refractivity contribution is 6.10. The van der Waals surface area contributed by atoms with Gasteiger partial charge in [-0.2, -0.15) is 0 Å². The zero-order chi connectivity index (χ0) is 20.8. The molecule has 0 radical (unpaired) electrons. The van der Waals surface area contributed by atoms with Crippen LogP contribution in [0.4, 0.5) is 11.4 Å². The number of anilines is 1. The Hall–Kier alpha value is -4.00. The Morgan fingerprint density at radius 3 is 2.17 bits per heavy atom. The Bertz CT molecular complexity index is 1050. The van der Waals surface area contributed by atoms with E-state index in [9.17, 15) is 19.7 Å². The first kappa shape index (κ1) is 19.8. The number of ether oxygens (including phenoxy) is 1. The Labute approximate surface area is 167 Å². The second-order valence-electron chi connectivity index (χ2n) is 6.10. The van der Waals surface area contributed by atoms with E-state index in [2.05, 4.69) is 5.32 Å². The van der Waals surface area contributed by atoms with E-state index in [0.29, 0.717) is 23.5 Å². The molecule has 0 bridgehead atoms. The summed E-state index contributed by atoms with van der Waals surface area (Å²) in [6.07, 6.45) is 0. The average Bonchev–Trinajstić information content (AvgIpc) is 2.75. The van der Waals surface area contributed by atoms with Gasteiger partial charge in [-0.05, 0) is 31.2 Å². The van der Waals surface area contributed by atoms with Gasteiger partial charge >= 0.3 is 0 Å². The number of hydrogen-bond donors (Lipinski definition) is 1. The SMILES string of the molecule is CCOc1ccc(NC(=O)c2ccc(C(=O)c3ccccc3)cc2)c([N+](=O)[O-])c1. The molecule has 0 aliphatic heterocycles. The third kappa shape index (κ3) is 4.65. The zero-order valence-electron chi connectivity index (χ0n) is 15.6. The smallest absolute Gasteiger partial charge is 0.296 e. The lowest BCUT2D eigenvalue weighted by Gasteiger charge is -2.09. The fraction of sp³-hybridized carbons (Fsp3) is 0.0909. The van der Waals surface area contributed by atoms with Crippen LogP contribution in [0.3, 0.4) is 0 Å². The van der Waals surface area contributed by atoms with Gasteiger partial charge < -0.3 is 10.1 Å². The third-order valence-electron chi connectivity index (χ3n) is 4.17. The van der Waals surface area contributed by atoms with Crippen molar-refractivity contribution in [3.8, 4) is 5.75 Å². The van der Waals surface area contributed by atoms with E-state index in [4.69, 9.17) is 4.74 Å². The molecular formula is C22H18N2O5. The Morgan fingerprint density at radius 1 is 0.931 bits per heavy atom. The van der Waals surface area contributed by atoms with Gasteiger partial charge in [0.25, 0.3) is 11.6 Å². The van der Waals surface area contributed by atoms with E-state index in [1.807, 2.05) is 6.07 Å². The van der Waals surface area contributed by atoms with E-state index in [1.165, 1.54) is 24.3 Å². The van der Waals surface area contributed by atoms with Crippen LogP contribution in [-0.2, 0) is 0 Å². The lowest BCUT2D eigenvalue weighted by Crippen LogP contribution is -2.13. The van der Waals surface area contributed by atoms with Gasteiger partial charge in [0.2, 0.25) is 0 Å². The van der Waals surface area contributed by atoms with Crippen molar-refractivity contribution in [1.82, 2.24) is 0 Å². The maximum Gasteiger partial charge on any atom is 0.296 e. The van der Waals surface area contributed by atoms with Gasteiger partial charge in [-0.3, -0.25) is 19.7 Å². The molecule has 0 aliphatic rings. The highest BCUT2D eigenvalue weighted by Gasteiger charge is 2.18. The summed E-state index contributed by atoms with van der Waals surface area (Å²) in [5.41, 5.74) is 1.07. The van der Waals surface area contributed by atoms with Crippen LogP contribution in [0.25, 0.3) is 0 Å². The number of nitro benzene ring substituents is 1. The lowest BCUT2D eigenvalue weighted by molar-refractivity contribution is -0.384. The summed E-state index contributed by atoms with van der Waals surface area (Å²) in [6.45, 7) is 2.14. The van der Waals surface area contributed by atoms with Gasteiger partial charge in [0.05, 0.1) is 17.6 Å². The molecule has 0 spiro atoms. The predicted octanol–water partition coefficient (Wildman–Crippen LogP) is 4.48. The topological polar surface area (TPSA) is 98.5 Å². The van der Waals surface area contributed by atoms with Gasteiger partial charge in [-0.1, -0.05) is 42.5 Å². The first-order chi connectivity index (χ1) is 14.0. The molecule has 3 rings (SSSR count). The summed E-state index contributed by atoms with van der Waals surface area (Å²) >= 11 is 0. The van der Waals surface area contributed by atoms with Gasteiger partial charge in [-0.15, -0.1) is 0 Å². The number of hydrogen-bond acceptors (Lipinski definition) is 5. The van der Waals surface area contributed by atoms with Crippen molar-refractivity contribution in [3.63, 3.8) is 0 Å². The van der Waals surface area contributed by atoms with E-state index in [-0.39, 0.29) is 22.7 Å². The van der Waals surface area contributed by atoms with E-state index < -0.39 is 10.8 Å². The fourth-order valence-electron chi connectivity index (χ4n) is 2.75. The van der Waals surface area contributed by atoms with Gasteiger partial charge in [-0.25, -0.2) is 0 Å². The van der Waals surface area contributed by atoms with Gasteiger partial charge in [0, 0.05) is 16.7 Å². The minimum Gasteiger partial charge on any atom is -0.494 e. The van der Waals surface area contributed by atoms with Crippen LogP contribution in [-0.4, -0.2) is 23.2 Å². The molecule has 29 heavy (non-hydrogen) atoms. The first-order valence-electron chi connectivity index (χ1n) is 8.92. The molecule has 7 heteroatoms. The number of nitro groups is 1. The van der Waals surface area contributed by atoms with Crippen LogP contribution in [0.15, 0.2) is 72.8 Å². The number of nitrogens with one attached hydrogen (secondary N) is 1. The first-order valence-corrected chi connectivity index (χ1v) is 8.92. The summed E-state index contributed by atoms with van der Waals surface area (Å²) in [5, 5.41) is 13.8. The van der Waals surface area contributed by atoms with Crippen molar-refractivity contribution in [1.29, 1.82) is 0 Å². The summed E-state index contributed by atoms with van der Waals surface area (Å²) < 4.78 is 5.26. The van der Waals surface area contributed by atoms with Crippen molar-refractivity contribution in [3.05, 3.63) is 99.6 Å². The monoisotopic (exact) mass is 390 g/mol. The molecule has 0 aliphatic carbocycles. The molecule has 3 aromatic carbocycles. The predicted molar refractivity (Wildman–Crippen MR) is 109 cm³/mol. The minimum atomic E-state index is -0.584. The van der Waals surface area contributed by atoms with Crippen molar-refractivity contribution >= 4 is 23.1 Å². The molecule has 1 N–H and O–H groups in total. The molecule has 0 unspecified atom stereocenters. The summed E-state index contributed by atoms with van der Waals surface area (Å²) in [5.74, 6) is -0.323. The maximum atomic E-state index is 12.5. The number of amides is 1. The summed E-state index contributed by atoms with van der Waals surface area (Å²) in [7, 11) is 0. The molecule has 0 fully saturated rings. The number of carbonyl (C=O) groups excluding carboxylic acids is 2. The van der Waals surface area contributed by atoms with Crippen molar-refractivity contribution < 1.29 is 19.2 Å². The van der Waals surface area contributed by atoms with Crippen molar-refractivity contribution in [2.24, 2.45) is 0 Å². The second kappa shape index (κ2) is 8.79. The van der Waals surface area contributed by atoms with Crippen LogP contribution < -0.4 is 10.1 Å². The van der Waals surface area contributed by atoms with Crippen LogP contribution >= 0.6 is 0 Å². The van der Waals surface area contributed by atoms with Crippen LogP contribution in [0.5, 0.6) is 5.75 Å². The van der Waals surface area contributed by atoms with Crippen LogP contribution in [0.2, 0.25) is 0 Å². The molecule has 146 valence electrons. The average molecular weight is 390 g/mol. The fourth-order valence-corrected chi connectivity index (χ4v) is 2.75. The molecule has 3 aromatic rings. The molecule has 0 saturated heterocycles. The minimum absolute atomic E-state index is 0.0629. The second-order valence-corrected chi connectivity index (χ2v) is 6.10. The Morgan fingerprint density at radius 2 is 1.55 bits per heavy atom. The van der Waals surface area contributed by atoms with E-state index >= 15 is 0 Å². The summed E-state index contributed by atoms with van der Waals surface area (Å²) in [6, 6.07) is 19.2.